The largest absolute Gasteiger partial charge is 0.343 e. The Morgan fingerprint density at radius 3 is 2.00 bits per heavy atom. The molecule has 6 heteroatoms. The lowest BCUT2D eigenvalue weighted by molar-refractivity contribution is -0.130. The lowest BCUT2D eigenvalue weighted by Crippen LogP contribution is -2.30. The van der Waals surface area contributed by atoms with Crippen molar-refractivity contribution in [2.75, 3.05) is 33.5 Å². The highest BCUT2D eigenvalue weighted by atomic mass is 31.2. The minimum atomic E-state index is -3.04. The van der Waals surface area contributed by atoms with Crippen LogP contribution in [0, 0.1) is 0 Å². The average molecular weight is 237 g/mol. The van der Waals surface area contributed by atoms with Gasteiger partial charge in [0.1, 0.15) is 0 Å². The molecule has 0 saturated carbocycles. The van der Waals surface area contributed by atoms with Crippen molar-refractivity contribution in [2.45, 2.75) is 20.3 Å². The lowest BCUT2D eigenvalue weighted by atomic mass is 10.4. The van der Waals surface area contributed by atoms with Crippen LogP contribution in [0.4, 0.5) is 0 Å². The first-order valence-corrected chi connectivity index (χ1v) is 6.74. The van der Waals surface area contributed by atoms with Crippen LogP contribution in [0.15, 0.2) is 0 Å². The van der Waals surface area contributed by atoms with Gasteiger partial charge >= 0.3 is 7.60 Å². The van der Waals surface area contributed by atoms with Crippen molar-refractivity contribution in [1.82, 2.24) is 4.90 Å². The standard InChI is InChI=1S/C9H20NO4P/c1-5-10(6-2)9(11)7-8-15(12,13-3)14-4/h5-8H2,1-4H3. The topological polar surface area (TPSA) is 55.8 Å². The summed E-state index contributed by atoms with van der Waals surface area (Å²) in [6.07, 6.45) is 0.329. The molecule has 0 atom stereocenters. The summed E-state index contributed by atoms with van der Waals surface area (Å²) in [6.45, 7) is 5.15. The highest BCUT2D eigenvalue weighted by Crippen LogP contribution is 2.46. The zero-order chi connectivity index (χ0) is 11.9. The Bertz CT molecular complexity index is 232. The van der Waals surface area contributed by atoms with Crippen molar-refractivity contribution < 1.29 is 18.4 Å². The number of amides is 1. The van der Waals surface area contributed by atoms with Gasteiger partial charge in [-0.25, -0.2) is 0 Å². The summed E-state index contributed by atoms with van der Waals surface area (Å²) in [6, 6.07) is 0. The Morgan fingerprint density at radius 1 is 1.20 bits per heavy atom. The SMILES string of the molecule is CCN(CC)C(=O)CCP(=O)(OC)OC. The van der Waals surface area contributed by atoms with Crippen molar-refractivity contribution in [3.63, 3.8) is 0 Å². The van der Waals surface area contributed by atoms with Crippen LogP contribution in [0.3, 0.4) is 0 Å². The van der Waals surface area contributed by atoms with Gasteiger partial charge in [-0.1, -0.05) is 0 Å². The molecule has 0 spiro atoms. The van der Waals surface area contributed by atoms with Crippen molar-refractivity contribution in [2.24, 2.45) is 0 Å². The molecule has 90 valence electrons. The van der Waals surface area contributed by atoms with Gasteiger partial charge in [-0.15, -0.1) is 0 Å². The second kappa shape index (κ2) is 6.99. The van der Waals surface area contributed by atoms with Crippen LogP contribution in [-0.2, 0) is 18.4 Å². The van der Waals surface area contributed by atoms with Crippen molar-refractivity contribution >= 4 is 13.5 Å². The molecule has 0 rings (SSSR count). The Hall–Kier alpha value is -0.380. The smallest absolute Gasteiger partial charge is 0.330 e. The van der Waals surface area contributed by atoms with Crippen LogP contribution in [-0.4, -0.2) is 44.3 Å². The summed E-state index contributed by atoms with van der Waals surface area (Å²) in [5.74, 6) is -0.0191. The van der Waals surface area contributed by atoms with E-state index in [2.05, 4.69) is 0 Å². The van der Waals surface area contributed by atoms with Gasteiger partial charge in [0.25, 0.3) is 0 Å². The first kappa shape index (κ1) is 14.6. The summed E-state index contributed by atoms with van der Waals surface area (Å²) in [5.41, 5.74) is 0. The molecule has 0 saturated heterocycles. The Labute approximate surface area is 91.3 Å². The van der Waals surface area contributed by atoms with E-state index in [1.54, 1.807) is 4.90 Å². The summed E-state index contributed by atoms with van der Waals surface area (Å²) in [4.78, 5) is 13.3. The highest BCUT2D eigenvalue weighted by molar-refractivity contribution is 7.53. The third-order valence-electron chi connectivity index (χ3n) is 2.27. The van der Waals surface area contributed by atoms with Crippen molar-refractivity contribution in [3.05, 3.63) is 0 Å². The summed E-state index contributed by atoms with van der Waals surface area (Å²) in [7, 11) is -0.392. The molecule has 0 heterocycles. The molecular weight excluding hydrogens is 217 g/mol. The fraction of sp³-hybridized carbons (Fsp3) is 0.889. The minimum Gasteiger partial charge on any atom is -0.343 e. The van der Waals surface area contributed by atoms with Gasteiger partial charge < -0.3 is 13.9 Å². The van der Waals surface area contributed by atoms with Gasteiger partial charge in [0.15, 0.2) is 0 Å². The van der Waals surface area contributed by atoms with Crippen LogP contribution in [0.1, 0.15) is 20.3 Å². The van der Waals surface area contributed by atoms with E-state index < -0.39 is 7.60 Å². The van der Waals surface area contributed by atoms with Gasteiger partial charge in [0, 0.05) is 33.7 Å². The number of hydrogen-bond acceptors (Lipinski definition) is 4. The molecule has 0 bridgehead atoms. The quantitative estimate of drug-likeness (QED) is 0.633. The zero-order valence-electron chi connectivity index (χ0n) is 9.86. The number of nitrogens with zero attached hydrogens (tertiary/aromatic N) is 1. The number of hydrogen-bond donors (Lipinski definition) is 0. The first-order valence-electron chi connectivity index (χ1n) is 5.01. The summed E-state index contributed by atoms with van der Waals surface area (Å²) < 4.78 is 21.1. The number of carbonyl (C=O) groups is 1. The monoisotopic (exact) mass is 237 g/mol. The van der Waals surface area contributed by atoms with Crippen LogP contribution in [0.2, 0.25) is 0 Å². The molecule has 0 N–H and O–H groups in total. The van der Waals surface area contributed by atoms with E-state index in [9.17, 15) is 9.36 Å². The Kier molecular flexibility index (Phi) is 6.81. The van der Waals surface area contributed by atoms with Crippen LogP contribution in [0.5, 0.6) is 0 Å². The third kappa shape index (κ3) is 4.78. The molecule has 0 radical (unpaired) electrons. The molecular formula is C9H20NO4P. The maximum absolute atomic E-state index is 11.6. The maximum Gasteiger partial charge on any atom is 0.330 e. The van der Waals surface area contributed by atoms with Gasteiger partial charge in [0.05, 0.1) is 6.16 Å². The van der Waals surface area contributed by atoms with E-state index in [1.165, 1.54) is 14.2 Å². The van der Waals surface area contributed by atoms with Crippen LogP contribution >= 0.6 is 7.60 Å². The molecule has 0 aliphatic carbocycles. The third-order valence-corrected chi connectivity index (χ3v) is 4.16. The highest BCUT2D eigenvalue weighted by Gasteiger charge is 2.23. The Morgan fingerprint density at radius 2 is 1.67 bits per heavy atom. The average Bonchev–Trinajstić information content (AvgIpc) is 2.27. The summed E-state index contributed by atoms with van der Waals surface area (Å²) >= 11 is 0. The van der Waals surface area contributed by atoms with Gasteiger partial charge in [-0.2, -0.15) is 0 Å². The molecule has 0 aromatic heterocycles. The fourth-order valence-electron chi connectivity index (χ4n) is 1.22. The van der Waals surface area contributed by atoms with Crippen molar-refractivity contribution in [1.29, 1.82) is 0 Å². The molecule has 1 amide bonds. The van der Waals surface area contributed by atoms with E-state index in [0.29, 0.717) is 13.1 Å². The molecule has 0 aliphatic heterocycles. The van der Waals surface area contributed by atoms with Crippen LogP contribution in [0.25, 0.3) is 0 Å². The molecule has 15 heavy (non-hydrogen) atoms. The van der Waals surface area contributed by atoms with Gasteiger partial charge in [0.2, 0.25) is 5.91 Å². The zero-order valence-corrected chi connectivity index (χ0v) is 10.8. The molecule has 0 aromatic carbocycles. The Balaban J connectivity index is 4.15. The van der Waals surface area contributed by atoms with Crippen molar-refractivity contribution in [3.8, 4) is 0 Å². The fourth-order valence-corrected chi connectivity index (χ4v) is 2.20. The summed E-state index contributed by atoms with van der Waals surface area (Å²) in [5, 5.41) is 0. The van der Waals surface area contributed by atoms with E-state index in [1.807, 2.05) is 13.8 Å². The number of rotatable bonds is 7. The van der Waals surface area contributed by atoms with E-state index >= 15 is 0 Å². The van der Waals surface area contributed by atoms with Gasteiger partial charge in [-0.3, -0.25) is 9.36 Å². The molecule has 0 aliphatic rings. The number of carbonyl (C=O) groups excluding carboxylic acids is 1. The normalized spacial score (nSPS) is 11.5. The second-order valence-electron chi connectivity index (χ2n) is 3.02. The molecule has 5 nitrogen and oxygen atoms in total. The maximum atomic E-state index is 11.6. The first-order chi connectivity index (χ1) is 7.02. The van der Waals surface area contributed by atoms with E-state index in [4.69, 9.17) is 9.05 Å². The van der Waals surface area contributed by atoms with E-state index in [-0.39, 0.29) is 18.5 Å². The molecule has 0 fully saturated rings. The molecule has 0 unspecified atom stereocenters. The van der Waals surface area contributed by atoms with Gasteiger partial charge in [-0.05, 0) is 13.8 Å². The predicted octanol–water partition coefficient (Wildman–Crippen LogP) is 1.73. The predicted molar refractivity (Wildman–Crippen MR) is 59.0 cm³/mol. The van der Waals surface area contributed by atoms with Crippen LogP contribution < -0.4 is 0 Å². The minimum absolute atomic E-state index is 0.0191. The molecule has 0 aromatic rings. The van der Waals surface area contributed by atoms with E-state index in [0.717, 1.165) is 0 Å². The second-order valence-corrected chi connectivity index (χ2v) is 5.42. The lowest BCUT2D eigenvalue weighted by Gasteiger charge is -2.19.